The topological polar surface area (TPSA) is 33.0 Å². The number of allylic oxidation sites excluding steroid dienone is 2. The molecule has 82 valence electrons. The summed E-state index contributed by atoms with van der Waals surface area (Å²) >= 11 is 1.87. The molecule has 0 saturated carbocycles. The Hall–Kier alpha value is -1.40. The maximum absolute atomic E-state index is 8.39. The largest absolute Gasteiger partial charge is 0.492 e. The molecule has 2 nitrogen and oxygen atoms in total. The first-order valence-electron chi connectivity index (χ1n) is 5.34. The van der Waals surface area contributed by atoms with Gasteiger partial charge in [-0.25, -0.2) is 0 Å². The highest BCUT2D eigenvalue weighted by Gasteiger charge is 2.13. The van der Waals surface area contributed by atoms with Gasteiger partial charge in [-0.3, -0.25) is 0 Å². The molecule has 1 heterocycles. The molecule has 2 rings (SSSR count). The molecule has 0 saturated heterocycles. The van der Waals surface area contributed by atoms with Gasteiger partial charge in [-0.1, -0.05) is 18.2 Å². The summed E-state index contributed by atoms with van der Waals surface area (Å²) in [6.45, 7) is 0.801. The Morgan fingerprint density at radius 1 is 1.50 bits per heavy atom. The number of nitrogens with zero attached hydrogens (tertiary/aromatic N) is 1. The van der Waals surface area contributed by atoms with Crippen LogP contribution in [0.5, 0.6) is 5.75 Å². The lowest BCUT2D eigenvalue weighted by Crippen LogP contribution is -2.08. The fourth-order valence-electron chi connectivity index (χ4n) is 1.71. The van der Waals surface area contributed by atoms with E-state index in [0.29, 0.717) is 0 Å². The average molecular weight is 231 g/mol. The van der Waals surface area contributed by atoms with Gasteiger partial charge in [0, 0.05) is 11.8 Å². The van der Waals surface area contributed by atoms with Crippen molar-refractivity contribution in [1.29, 1.82) is 5.26 Å². The highest BCUT2D eigenvalue weighted by atomic mass is 32.2. The molecule has 0 aliphatic carbocycles. The molecule has 1 aromatic carbocycles. The van der Waals surface area contributed by atoms with Crippen LogP contribution in [-0.2, 0) is 6.42 Å². The molecule has 0 atom stereocenters. The van der Waals surface area contributed by atoms with Gasteiger partial charge >= 0.3 is 0 Å². The molecule has 1 aromatic rings. The predicted octanol–water partition coefficient (Wildman–Crippen LogP) is 3.18. The highest BCUT2D eigenvalue weighted by Crippen LogP contribution is 2.36. The summed E-state index contributed by atoms with van der Waals surface area (Å²) in [6.07, 6.45) is 5.33. The van der Waals surface area contributed by atoms with Gasteiger partial charge in [-0.15, -0.1) is 11.8 Å². The van der Waals surface area contributed by atoms with Crippen molar-refractivity contribution in [3.63, 3.8) is 0 Å². The lowest BCUT2D eigenvalue weighted by Gasteiger charge is -2.19. The zero-order chi connectivity index (χ0) is 11.2. The van der Waals surface area contributed by atoms with E-state index in [1.165, 1.54) is 10.5 Å². The summed E-state index contributed by atoms with van der Waals surface area (Å²) < 4.78 is 5.60. The van der Waals surface area contributed by atoms with Crippen LogP contribution < -0.4 is 4.74 Å². The minimum atomic E-state index is 0.801. The Bertz CT molecular complexity index is 434. The Balaban J connectivity index is 2.09. The van der Waals surface area contributed by atoms with Gasteiger partial charge in [0.25, 0.3) is 0 Å². The molecular formula is C13H13NOS. The van der Waals surface area contributed by atoms with E-state index in [2.05, 4.69) is 6.07 Å². The SMILES string of the molecule is N#CC=CCCc1cccc2c1SCCO2. The summed E-state index contributed by atoms with van der Waals surface area (Å²) in [6, 6.07) is 8.21. The summed E-state index contributed by atoms with van der Waals surface area (Å²) in [5.74, 6) is 2.04. The second kappa shape index (κ2) is 5.62. The van der Waals surface area contributed by atoms with E-state index in [1.54, 1.807) is 6.08 Å². The lowest BCUT2D eigenvalue weighted by atomic mass is 10.1. The third kappa shape index (κ3) is 2.59. The van der Waals surface area contributed by atoms with Crippen LogP contribution in [0.3, 0.4) is 0 Å². The van der Waals surface area contributed by atoms with E-state index in [9.17, 15) is 0 Å². The van der Waals surface area contributed by atoms with Gasteiger partial charge in [0.15, 0.2) is 0 Å². The number of hydrogen-bond acceptors (Lipinski definition) is 3. The molecule has 3 heteroatoms. The van der Waals surface area contributed by atoms with E-state index in [1.807, 2.05) is 36.0 Å². The third-order valence-electron chi connectivity index (χ3n) is 2.42. The van der Waals surface area contributed by atoms with Crippen LogP contribution in [0.1, 0.15) is 12.0 Å². The Kier molecular flexibility index (Phi) is 3.90. The zero-order valence-corrected chi connectivity index (χ0v) is 9.80. The molecule has 16 heavy (non-hydrogen) atoms. The van der Waals surface area contributed by atoms with E-state index in [-0.39, 0.29) is 0 Å². The van der Waals surface area contributed by atoms with Crippen molar-refractivity contribution in [2.24, 2.45) is 0 Å². The normalized spacial score (nSPS) is 14.2. The molecule has 0 amide bonds. The van der Waals surface area contributed by atoms with Crippen molar-refractivity contribution in [2.75, 3.05) is 12.4 Å². The fraction of sp³-hybridized carbons (Fsp3) is 0.308. The standard InChI is InChI=1S/C13H13NOS/c14-8-3-1-2-5-11-6-4-7-12-13(11)16-10-9-15-12/h1,3-4,6-7H,2,5,9-10H2. The van der Waals surface area contributed by atoms with Crippen LogP contribution in [-0.4, -0.2) is 12.4 Å². The highest BCUT2D eigenvalue weighted by molar-refractivity contribution is 7.99. The van der Waals surface area contributed by atoms with Crippen LogP contribution >= 0.6 is 11.8 Å². The predicted molar refractivity (Wildman–Crippen MR) is 65.7 cm³/mol. The lowest BCUT2D eigenvalue weighted by molar-refractivity contribution is 0.329. The fourth-order valence-corrected chi connectivity index (χ4v) is 2.70. The summed E-state index contributed by atoms with van der Waals surface area (Å²) in [5, 5.41) is 8.39. The van der Waals surface area contributed by atoms with Crippen molar-refractivity contribution >= 4 is 11.8 Å². The van der Waals surface area contributed by atoms with Gasteiger partial charge < -0.3 is 4.74 Å². The van der Waals surface area contributed by atoms with Gasteiger partial charge in [0.1, 0.15) is 5.75 Å². The number of benzene rings is 1. The number of aryl methyl sites for hydroxylation is 1. The molecule has 0 N–H and O–H groups in total. The summed E-state index contributed by atoms with van der Waals surface area (Å²) in [4.78, 5) is 1.28. The molecular weight excluding hydrogens is 218 g/mol. The second-order valence-electron chi connectivity index (χ2n) is 3.51. The summed E-state index contributed by atoms with van der Waals surface area (Å²) in [5.41, 5.74) is 1.32. The van der Waals surface area contributed by atoms with E-state index in [4.69, 9.17) is 10.00 Å². The van der Waals surface area contributed by atoms with Gasteiger partial charge in [0.05, 0.1) is 17.6 Å². The molecule has 0 bridgehead atoms. The second-order valence-corrected chi connectivity index (χ2v) is 4.62. The Labute approximate surface area is 99.9 Å². The van der Waals surface area contributed by atoms with Crippen LogP contribution in [0, 0.1) is 11.3 Å². The van der Waals surface area contributed by atoms with E-state index >= 15 is 0 Å². The number of nitriles is 1. The van der Waals surface area contributed by atoms with Crippen LogP contribution in [0.2, 0.25) is 0 Å². The maximum Gasteiger partial charge on any atom is 0.133 e. The Morgan fingerprint density at radius 2 is 2.44 bits per heavy atom. The molecule has 0 radical (unpaired) electrons. The third-order valence-corrected chi connectivity index (χ3v) is 3.54. The first-order valence-corrected chi connectivity index (χ1v) is 6.32. The maximum atomic E-state index is 8.39. The monoisotopic (exact) mass is 231 g/mol. The molecule has 1 aliphatic heterocycles. The number of rotatable bonds is 3. The van der Waals surface area contributed by atoms with Crippen molar-refractivity contribution in [2.45, 2.75) is 17.7 Å². The summed E-state index contributed by atoms with van der Waals surface area (Å²) in [7, 11) is 0. The van der Waals surface area contributed by atoms with Crippen molar-refractivity contribution < 1.29 is 4.74 Å². The molecule has 1 aliphatic rings. The number of ether oxygens (including phenoxy) is 1. The smallest absolute Gasteiger partial charge is 0.133 e. The van der Waals surface area contributed by atoms with Gasteiger partial charge in [0.2, 0.25) is 0 Å². The molecule has 0 fully saturated rings. The number of hydrogen-bond donors (Lipinski definition) is 0. The van der Waals surface area contributed by atoms with Crippen molar-refractivity contribution in [3.8, 4) is 11.8 Å². The molecule has 0 aromatic heterocycles. The average Bonchev–Trinajstić information content (AvgIpc) is 2.35. The number of fused-ring (bicyclic) bond motifs is 1. The van der Waals surface area contributed by atoms with Crippen molar-refractivity contribution in [3.05, 3.63) is 35.9 Å². The van der Waals surface area contributed by atoms with Crippen LogP contribution in [0.25, 0.3) is 0 Å². The quantitative estimate of drug-likeness (QED) is 0.749. The van der Waals surface area contributed by atoms with Gasteiger partial charge in [-0.05, 0) is 24.5 Å². The first kappa shape index (κ1) is 11.1. The Morgan fingerprint density at radius 3 is 3.31 bits per heavy atom. The van der Waals surface area contributed by atoms with Crippen LogP contribution in [0.15, 0.2) is 35.2 Å². The van der Waals surface area contributed by atoms with Crippen LogP contribution in [0.4, 0.5) is 0 Å². The first-order chi connectivity index (χ1) is 7.92. The number of thioether (sulfide) groups is 1. The van der Waals surface area contributed by atoms with E-state index < -0.39 is 0 Å². The van der Waals surface area contributed by atoms with Gasteiger partial charge in [-0.2, -0.15) is 5.26 Å². The molecule has 0 unspecified atom stereocenters. The van der Waals surface area contributed by atoms with Crippen molar-refractivity contribution in [1.82, 2.24) is 0 Å². The van der Waals surface area contributed by atoms with E-state index in [0.717, 1.165) is 31.0 Å². The minimum absolute atomic E-state index is 0.801. The minimum Gasteiger partial charge on any atom is -0.492 e. The molecule has 0 spiro atoms. The zero-order valence-electron chi connectivity index (χ0n) is 8.98.